The minimum atomic E-state index is 0.242. The Hall–Kier alpha value is -1.81. The van der Waals surface area contributed by atoms with E-state index in [1.165, 1.54) is 5.56 Å². The summed E-state index contributed by atoms with van der Waals surface area (Å²) in [5.41, 5.74) is 1.25. The van der Waals surface area contributed by atoms with Gasteiger partial charge in [0.25, 0.3) is 0 Å². The van der Waals surface area contributed by atoms with Gasteiger partial charge in [-0.05, 0) is 38.0 Å². The monoisotopic (exact) mass is 273 g/mol. The lowest BCUT2D eigenvalue weighted by Crippen LogP contribution is -2.25. The Morgan fingerprint density at radius 1 is 1.25 bits per heavy atom. The second-order valence-corrected chi connectivity index (χ2v) is 4.83. The summed E-state index contributed by atoms with van der Waals surface area (Å²) in [6.07, 6.45) is 4.65. The lowest BCUT2D eigenvalue weighted by atomic mass is 10.1. The van der Waals surface area contributed by atoms with Crippen LogP contribution in [0.3, 0.4) is 0 Å². The normalized spacial score (nSPS) is 13.9. The van der Waals surface area contributed by atoms with E-state index >= 15 is 0 Å². The van der Waals surface area contributed by atoms with Crippen molar-refractivity contribution < 1.29 is 4.74 Å². The second-order valence-electron chi connectivity index (χ2n) is 4.83. The van der Waals surface area contributed by atoms with Gasteiger partial charge in [-0.25, -0.2) is 4.98 Å². The molecule has 4 heteroatoms. The van der Waals surface area contributed by atoms with E-state index in [9.17, 15) is 0 Å². The van der Waals surface area contributed by atoms with E-state index in [4.69, 9.17) is 4.74 Å². The maximum Gasteiger partial charge on any atom is 0.123 e. The van der Waals surface area contributed by atoms with Crippen LogP contribution in [0.15, 0.2) is 36.7 Å². The highest BCUT2D eigenvalue weighted by atomic mass is 16.5. The summed E-state index contributed by atoms with van der Waals surface area (Å²) in [5.74, 6) is 1.91. The Kier molecular flexibility index (Phi) is 5.18. The number of aromatic amines is 1. The van der Waals surface area contributed by atoms with Gasteiger partial charge in [-0.3, -0.25) is 0 Å². The van der Waals surface area contributed by atoms with Gasteiger partial charge in [-0.15, -0.1) is 0 Å². The Morgan fingerprint density at radius 2 is 2.00 bits per heavy atom. The van der Waals surface area contributed by atoms with Crippen molar-refractivity contribution in [2.24, 2.45) is 0 Å². The maximum absolute atomic E-state index is 5.47. The summed E-state index contributed by atoms with van der Waals surface area (Å²) < 4.78 is 5.47. The van der Waals surface area contributed by atoms with Gasteiger partial charge >= 0.3 is 0 Å². The highest BCUT2D eigenvalue weighted by molar-refractivity contribution is 5.29. The van der Waals surface area contributed by atoms with E-state index in [0.29, 0.717) is 6.61 Å². The van der Waals surface area contributed by atoms with Crippen LogP contribution in [0.2, 0.25) is 0 Å². The summed E-state index contributed by atoms with van der Waals surface area (Å²) >= 11 is 0. The first kappa shape index (κ1) is 14.6. The molecule has 0 saturated heterocycles. The number of aromatic nitrogens is 2. The summed E-state index contributed by atoms with van der Waals surface area (Å²) in [4.78, 5) is 7.51. The molecule has 0 amide bonds. The first-order chi connectivity index (χ1) is 9.74. The zero-order valence-electron chi connectivity index (χ0n) is 12.4. The fourth-order valence-corrected chi connectivity index (χ4v) is 2.28. The third kappa shape index (κ3) is 3.61. The van der Waals surface area contributed by atoms with Gasteiger partial charge in [0.2, 0.25) is 0 Å². The van der Waals surface area contributed by atoms with Crippen LogP contribution >= 0.6 is 0 Å². The fourth-order valence-electron chi connectivity index (χ4n) is 2.28. The third-order valence-electron chi connectivity index (χ3n) is 3.40. The zero-order valence-corrected chi connectivity index (χ0v) is 12.4. The standard InChI is InChI=1S/C16H23N3O/c1-4-15(16-17-10-11-18-16)19-12(3)13-6-8-14(9-7-13)20-5-2/h6-12,15,19H,4-5H2,1-3H3,(H,17,18). The van der Waals surface area contributed by atoms with Crippen molar-refractivity contribution in [2.75, 3.05) is 6.61 Å². The molecule has 108 valence electrons. The molecule has 0 aliphatic rings. The van der Waals surface area contributed by atoms with Crippen LogP contribution in [-0.4, -0.2) is 16.6 Å². The molecule has 0 saturated carbocycles. The van der Waals surface area contributed by atoms with Gasteiger partial charge in [-0.1, -0.05) is 19.1 Å². The third-order valence-corrected chi connectivity index (χ3v) is 3.40. The van der Waals surface area contributed by atoms with Crippen molar-refractivity contribution in [3.63, 3.8) is 0 Å². The van der Waals surface area contributed by atoms with Crippen molar-refractivity contribution in [3.05, 3.63) is 48.0 Å². The molecule has 2 unspecified atom stereocenters. The van der Waals surface area contributed by atoms with Gasteiger partial charge in [0, 0.05) is 18.4 Å². The van der Waals surface area contributed by atoms with Gasteiger partial charge in [0.15, 0.2) is 0 Å². The molecule has 0 radical (unpaired) electrons. The summed E-state index contributed by atoms with van der Waals surface area (Å²) in [5, 5.41) is 3.60. The molecule has 1 aromatic heterocycles. The molecule has 2 aromatic rings. The minimum absolute atomic E-state index is 0.242. The molecule has 2 N–H and O–H groups in total. The largest absolute Gasteiger partial charge is 0.494 e. The Morgan fingerprint density at radius 3 is 2.55 bits per heavy atom. The number of ether oxygens (including phenoxy) is 1. The molecule has 4 nitrogen and oxygen atoms in total. The molecule has 0 bridgehead atoms. The van der Waals surface area contributed by atoms with Crippen LogP contribution < -0.4 is 10.1 Å². The van der Waals surface area contributed by atoms with E-state index in [2.05, 4.69) is 41.3 Å². The molecule has 1 aromatic carbocycles. The SMILES string of the molecule is CCOc1ccc(C(C)NC(CC)c2ncc[nH]2)cc1. The van der Waals surface area contributed by atoms with E-state index in [1.54, 1.807) is 6.20 Å². The Balaban J connectivity index is 2.01. The van der Waals surface area contributed by atoms with Crippen LogP contribution in [0.25, 0.3) is 0 Å². The van der Waals surface area contributed by atoms with Crippen molar-refractivity contribution in [1.82, 2.24) is 15.3 Å². The lowest BCUT2D eigenvalue weighted by Gasteiger charge is -2.21. The Labute approximate surface area is 120 Å². The number of imidazole rings is 1. The molecular weight excluding hydrogens is 250 g/mol. The quantitative estimate of drug-likeness (QED) is 0.810. The summed E-state index contributed by atoms with van der Waals surface area (Å²) in [6.45, 7) is 7.02. The maximum atomic E-state index is 5.47. The molecular formula is C16H23N3O. The highest BCUT2D eigenvalue weighted by Crippen LogP contribution is 2.21. The molecule has 0 aliphatic heterocycles. The summed E-state index contributed by atoms with van der Waals surface area (Å²) in [6, 6.07) is 8.76. The van der Waals surface area contributed by atoms with E-state index in [-0.39, 0.29) is 12.1 Å². The van der Waals surface area contributed by atoms with Crippen LogP contribution in [-0.2, 0) is 0 Å². The number of H-pyrrole nitrogens is 1. The number of nitrogens with one attached hydrogen (secondary N) is 2. The van der Waals surface area contributed by atoms with Gasteiger partial charge in [-0.2, -0.15) is 0 Å². The lowest BCUT2D eigenvalue weighted by molar-refractivity contribution is 0.340. The topological polar surface area (TPSA) is 49.9 Å². The van der Waals surface area contributed by atoms with Crippen LogP contribution in [0.1, 0.15) is 50.7 Å². The smallest absolute Gasteiger partial charge is 0.123 e. The van der Waals surface area contributed by atoms with Crippen LogP contribution in [0, 0.1) is 0 Å². The predicted octanol–water partition coefficient (Wildman–Crippen LogP) is 3.61. The number of rotatable bonds is 7. The first-order valence-electron chi connectivity index (χ1n) is 7.22. The van der Waals surface area contributed by atoms with Gasteiger partial charge in [0.05, 0.1) is 12.6 Å². The highest BCUT2D eigenvalue weighted by Gasteiger charge is 2.15. The predicted molar refractivity (Wildman–Crippen MR) is 80.8 cm³/mol. The molecule has 0 fully saturated rings. The minimum Gasteiger partial charge on any atom is -0.494 e. The molecule has 20 heavy (non-hydrogen) atoms. The van der Waals surface area contributed by atoms with Crippen molar-refractivity contribution in [2.45, 2.75) is 39.3 Å². The van der Waals surface area contributed by atoms with Crippen LogP contribution in [0.5, 0.6) is 5.75 Å². The fraction of sp³-hybridized carbons (Fsp3) is 0.438. The van der Waals surface area contributed by atoms with Gasteiger partial charge in [0.1, 0.15) is 11.6 Å². The molecule has 0 aliphatic carbocycles. The van der Waals surface area contributed by atoms with E-state index in [1.807, 2.05) is 25.3 Å². The van der Waals surface area contributed by atoms with E-state index < -0.39 is 0 Å². The number of hydrogen-bond acceptors (Lipinski definition) is 3. The first-order valence-corrected chi connectivity index (χ1v) is 7.22. The molecule has 2 atom stereocenters. The number of nitrogens with zero attached hydrogens (tertiary/aromatic N) is 1. The average Bonchev–Trinajstić information content (AvgIpc) is 2.99. The second kappa shape index (κ2) is 7.10. The van der Waals surface area contributed by atoms with Gasteiger partial charge < -0.3 is 15.0 Å². The summed E-state index contributed by atoms with van der Waals surface area (Å²) in [7, 11) is 0. The van der Waals surface area contributed by atoms with Crippen molar-refractivity contribution >= 4 is 0 Å². The Bertz CT molecular complexity index is 493. The molecule has 2 rings (SSSR count). The zero-order chi connectivity index (χ0) is 14.4. The van der Waals surface area contributed by atoms with E-state index in [0.717, 1.165) is 18.0 Å². The average molecular weight is 273 g/mol. The van der Waals surface area contributed by atoms with Crippen molar-refractivity contribution in [3.8, 4) is 5.75 Å². The number of hydrogen-bond donors (Lipinski definition) is 2. The van der Waals surface area contributed by atoms with Crippen LogP contribution in [0.4, 0.5) is 0 Å². The molecule has 1 heterocycles. The number of benzene rings is 1. The van der Waals surface area contributed by atoms with Crippen molar-refractivity contribution in [1.29, 1.82) is 0 Å². The molecule has 0 spiro atoms.